The number of benzene rings is 1. The summed E-state index contributed by atoms with van der Waals surface area (Å²) in [4.78, 5) is 16.2. The lowest BCUT2D eigenvalue weighted by molar-refractivity contribution is 0.0955. The van der Waals surface area contributed by atoms with Crippen molar-refractivity contribution >= 4 is 16.8 Å². The zero-order chi connectivity index (χ0) is 12.8. The molecule has 1 aromatic carbocycles. The number of unbranched alkanes of at least 4 members (excludes halogenated alkanes) is 1. The minimum atomic E-state index is -0.119. The number of nitriles is 1. The number of pyridine rings is 1. The van der Waals surface area contributed by atoms with Crippen LogP contribution < -0.4 is 5.32 Å². The molecule has 0 spiro atoms. The van der Waals surface area contributed by atoms with E-state index in [1.54, 1.807) is 12.3 Å². The van der Waals surface area contributed by atoms with Crippen LogP contribution in [0, 0.1) is 11.3 Å². The zero-order valence-electron chi connectivity index (χ0n) is 9.89. The van der Waals surface area contributed by atoms with Crippen molar-refractivity contribution in [3.8, 4) is 6.07 Å². The van der Waals surface area contributed by atoms with Crippen LogP contribution in [0.4, 0.5) is 0 Å². The van der Waals surface area contributed by atoms with Gasteiger partial charge in [-0.3, -0.25) is 9.78 Å². The monoisotopic (exact) mass is 239 g/mol. The molecule has 0 saturated carbocycles. The summed E-state index contributed by atoms with van der Waals surface area (Å²) in [6, 6.07) is 11.2. The van der Waals surface area contributed by atoms with E-state index in [9.17, 15) is 4.79 Å². The molecule has 2 rings (SSSR count). The summed E-state index contributed by atoms with van der Waals surface area (Å²) >= 11 is 0. The predicted molar refractivity (Wildman–Crippen MR) is 68.9 cm³/mol. The van der Waals surface area contributed by atoms with Crippen molar-refractivity contribution in [1.82, 2.24) is 10.3 Å². The van der Waals surface area contributed by atoms with Gasteiger partial charge < -0.3 is 5.32 Å². The van der Waals surface area contributed by atoms with Gasteiger partial charge >= 0.3 is 0 Å². The Kier molecular flexibility index (Phi) is 3.87. The van der Waals surface area contributed by atoms with Crippen LogP contribution in [0.15, 0.2) is 36.5 Å². The third kappa shape index (κ3) is 2.64. The first-order valence-corrected chi connectivity index (χ1v) is 5.82. The van der Waals surface area contributed by atoms with Crippen molar-refractivity contribution < 1.29 is 4.79 Å². The summed E-state index contributed by atoms with van der Waals surface area (Å²) < 4.78 is 0. The van der Waals surface area contributed by atoms with Crippen LogP contribution in [0.2, 0.25) is 0 Å². The fraction of sp³-hybridized carbons (Fsp3) is 0.214. The molecule has 1 aromatic heterocycles. The van der Waals surface area contributed by atoms with Crippen LogP contribution in [-0.4, -0.2) is 17.4 Å². The Morgan fingerprint density at radius 3 is 3.06 bits per heavy atom. The van der Waals surface area contributed by atoms with Crippen LogP contribution in [0.3, 0.4) is 0 Å². The topological polar surface area (TPSA) is 65.8 Å². The molecule has 4 nitrogen and oxygen atoms in total. The molecule has 0 saturated heterocycles. The summed E-state index contributed by atoms with van der Waals surface area (Å²) in [5, 5.41) is 12.1. The third-order valence-electron chi connectivity index (χ3n) is 2.64. The Hall–Kier alpha value is -2.41. The maximum Gasteiger partial charge on any atom is 0.251 e. The van der Waals surface area contributed by atoms with Gasteiger partial charge in [-0.25, -0.2) is 0 Å². The first-order chi connectivity index (χ1) is 8.83. The molecule has 0 fully saturated rings. The van der Waals surface area contributed by atoms with E-state index in [1.165, 1.54) is 0 Å². The van der Waals surface area contributed by atoms with Crippen molar-refractivity contribution in [2.24, 2.45) is 0 Å². The highest BCUT2D eigenvalue weighted by Gasteiger charge is 2.08. The van der Waals surface area contributed by atoms with Crippen molar-refractivity contribution in [3.05, 3.63) is 42.1 Å². The van der Waals surface area contributed by atoms with Crippen LogP contribution in [0.1, 0.15) is 23.2 Å². The number of carbonyl (C=O) groups is 1. The van der Waals surface area contributed by atoms with Crippen LogP contribution >= 0.6 is 0 Å². The van der Waals surface area contributed by atoms with E-state index in [0.717, 1.165) is 10.9 Å². The molecule has 0 aliphatic heterocycles. The lowest BCUT2D eigenvalue weighted by Crippen LogP contribution is -2.24. The second-order valence-corrected chi connectivity index (χ2v) is 3.89. The van der Waals surface area contributed by atoms with Gasteiger partial charge in [0, 0.05) is 30.1 Å². The molecule has 18 heavy (non-hydrogen) atoms. The van der Waals surface area contributed by atoms with Gasteiger partial charge in [0.05, 0.1) is 11.6 Å². The lowest BCUT2D eigenvalue weighted by atomic mass is 10.1. The quantitative estimate of drug-likeness (QED) is 0.832. The number of nitrogens with one attached hydrogen (secondary N) is 1. The number of aromatic nitrogens is 1. The fourth-order valence-electron chi connectivity index (χ4n) is 1.77. The molecular weight excluding hydrogens is 226 g/mol. The molecule has 1 N–H and O–H groups in total. The predicted octanol–water partition coefficient (Wildman–Crippen LogP) is 2.27. The van der Waals surface area contributed by atoms with Crippen molar-refractivity contribution in [3.63, 3.8) is 0 Å². The summed E-state index contributed by atoms with van der Waals surface area (Å²) in [7, 11) is 0. The van der Waals surface area contributed by atoms with Gasteiger partial charge in [0.2, 0.25) is 0 Å². The minimum absolute atomic E-state index is 0.119. The summed E-state index contributed by atoms with van der Waals surface area (Å²) in [6.07, 6.45) is 2.83. The summed E-state index contributed by atoms with van der Waals surface area (Å²) in [6.45, 7) is 0.517. The molecule has 0 bridgehead atoms. The number of amides is 1. The molecule has 4 heteroatoms. The Morgan fingerprint density at radius 2 is 2.22 bits per heavy atom. The minimum Gasteiger partial charge on any atom is -0.352 e. The van der Waals surface area contributed by atoms with Crippen molar-refractivity contribution in [2.45, 2.75) is 12.8 Å². The van der Waals surface area contributed by atoms with Gasteiger partial charge in [-0.15, -0.1) is 0 Å². The first-order valence-electron chi connectivity index (χ1n) is 5.82. The molecule has 0 unspecified atom stereocenters. The number of fused-ring (bicyclic) bond motifs is 1. The summed E-state index contributed by atoms with van der Waals surface area (Å²) in [5.74, 6) is -0.119. The van der Waals surface area contributed by atoms with Crippen molar-refractivity contribution in [2.75, 3.05) is 6.54 Å². The van der Waals surface area contributed by atoms with Crippen LogP contribution in [0.25, 0.3) is 10.9 Å². The largest absolute Gasteiger partial charge is 0.352 e. The van der Waals surface area contributed by atoms with Gasteiger partial charge in [-0.2, -0.15) is 5.26 Å². The van der Waals surface area contributed by atoms with E-state index in [2.05, 4.69) is 10.3 Å². The molecule has 0 aliphatic carbocycles. The molecule has 1 heterocycles. The van der Waals surface area contributed by atoms with Gasteiger partial charge in [0.1, 0.15) is 0 Å². The van der Waals surface area contributed by atoms with E-state index in [0.29, 0.717) is 24.9 Å². The van der Waals surface area contributed by atoms with Crippen molar-refractivity contribution in [1.29, 1.82) is 5.26 Å². The number of rotatable bonds is 4. The highest BCUT2D eigenvalue weighted by atomic mass is 16.1. The van der Waals surface area contributed by atoms with Gasteiger partial charge in [-0.05, 0) is 24.6 Å². The SMILES string of the molecule is N#CCCCNC(=O)c1cccc2ncccc12. The number of hydrogen-bond donors (Lipinski definition) is 1. The smallest absolute Gasteiger partial charge is 0.251 e. The molecule has 90 valence electrons. The number of hydrogen-bond acceptors (Lipinski definition) is 3. The van der Waals surface area contributed by atoms with Crippen LogP contribution in [-0.2, 0) is 0 Å². The Bertz CT molecular complexity index is 596. The van der Waals surface area contributed by atoms with E-state index in [1.807, 2.05) is 30.3 Å². The normalized spacial score (nSPS) is 9.94. The Labute approximate surface area is 105 Å². The van der Waals surface area contributed by atoms with Gasteiger partial charge in [-0.1, -0.05) is 12.1 Å². The van der Waals surface area contributed by atoms with Crippen LogP contribution in [0.5, 0.6) is 0 Å². The maximum atomic E-state index is 12.0. The van der Waals surface area contributed by atoms with E-state index in [-0.39, 0.29) is 5.91 Å². The zero-order valence-corrected chi connectivity index (χ0v) is 9.89. The lowest BCUT2D eigenvalue weighted by Gasteiger charge is -2.06. The Morgan fingerprint density at radius 1 is 1.33 bits per heavy atom. The fourth-order valence-corrected chi connectivity index (χ4v) is 1.77. The first kappa shape index (κ1) is 12.1. The molecule has 0 atom stereocenters. The van der Waals surface area contributed by atoms with Gasteiger partial charge in [0.25, 0.3) is 5.91 Å². The molecule has 0 aliphatic rings. The average Bonchev–Trinajstić information content (AvgIpc) is 2.43. The van der Waals surface area contributed by atoms with E-state index in [4.69, 9.17) is 5.26 Å². The Balaban J connectivity index is 2.15. The standard InChI is InChI=1S/C14H13N3O/c15-8-1-2-9-17-14(18)12-5-3-7-13-11(12)6-4-10-16-13/h3-7,10H,1-2,9H2,(H,17,18). The maximum absolute atomic E-state index is 12.0. The number of carbonyl (C=O) groups excluding carboxylic acids is 1. The van der Waals surface area contributed by atoms with Gasteiger partial charge in [0.15, 0.2) is 0 Å². The third-order valence-corrected chi connectivity index (χ3v) is 2.64. The molecule has 1 amide bonds. The highest BCUT2D eigenvalue weighted by molar-refractivity contribution is 6.06. The average molecular weight is 239 g/mol. The molecular formula is C14H13N3O. The van der Waals surface area contributed by atoms with E-state index < -0.39 is 0 Å². The second kappa shape index (κ2) is 5.78. The molecule has 2 aromatic rings. The highest BCUT2D eigenvalue weighted by Crippen LogP contribution is 2.16. The number of nitrogens with zero attached hydrogens (tertiary/aromatic N) is 2. The summed E-state index contributed by atoms with van der Waals surface area (Å²) in [5.41, 5.74) is 1.43. The second-order valence-electron chi connectivity index (χ2n) is 3.89. The molecule has 0 radical (unpaired) electrons. The van der Waals surface area contributed by atoms with E-state index >= 15 is 0 Å².